The standard InChI is InChI=1S/C8H19NO/c1-5-8(3,7-10)9(4)6-2/h10H,5-7H2,1-4H3. The molecule has 0 aromatic carbocycles. The van der Waals surface area contributed by atoms with Gasteiger partial charge in [0.2, 0.25) is 0 Å². The number of aliphatic hydroxyl groups excluding tert-OH is 1. The summed E-state index contributed by atoms with van der Waals surface area (Å²) in [6.07, 6.45) is 0.994. The van der Waals surface area contributed by atoms with Crippen LogP contribution in [0.1, 0.15) is 27.2 Å². The van der Waals surface area contributed by atoms with Gasteiger partial charge in [0.1, 0.15) is 0 Å². The van der Waals surface area contributed by atoms with E-state index >= 15 is 0 Å². The van der Waals surface area contributed by atoms with E-state index in [9.17, 15) is 0 Å². The van der Waals surface area contributed by atoms with Gasteiger partial charge in [0.25, 0.3) is 0 Å². The molecule has 1 atom stereocenters. The van der Waals surface area contributed by atoms with Gasteiger partial charge in [0, 0.05) is 5.54 Å². The molecular weight excluding hydrogens is 126 g/mol. The Labute approximate surface area is 63.8 Å². The Morgan fingerprint density at radius 3 is 2.00 bits per heavy atom. The fraction of sp³-hybridized carbons (Fsp3) is 1.00. The molecule has 1 N–H and O–H groups in total. The van der Waals surface area contributed by atoms with Crippen LogP contribution in [-0.2, 0) is 0 Å². The molecule has 0 amide bonds. The molecule has 10 heavy (non-hydrogen) atoms. The lowest BCUT2D eigenvalue weighted by atomic mass is 9.98. The summed E-state index contributed by atoms with van der Waals surface area (Å²) in [5, 5.41) is 9.05. The lowest BCUT2D eigenvalue weighted by Crippen LogP contribution is -2.46. The highest BCUT2D eigenvalue weighted by atomic mass is 16.3. The largest absolute Gasteiger partial charge is 0.394 e. The van der Waals surface area contributed by atoms with E-state index in [0.29, 0.717) is 0 Å². The number of aliphatic hydroxyl groups is 1. The number of likely N-dealkylation sites (N-methyl/N-ethyl adjacent to an activating group) is 1. The lowest BCUT2D eigenvalue weighted by molar-refractivity contribution is 0.0647. The van der Waals surface area contributed by atoms with Crippen molar-refractivity contribution in [1.29, 1.82) is 0 Å². The van der Waals surface area contributed by atoms with Crippen LogP contribution in [0.2, 0.25) is 0 Å². The van der Waals surface area contributed by atoms with E-state index in [0.717, 1.165) is 13.0 Å². The first-order chi connectivity index (χ1) is 4.60. The van der Waals surface area contributed by atoms with Crippen molar-refractivity contribution in [2.24, 2.45) is 0 Å². The first-order valence-electron chi connectivity index (χ1n) is 3.92. The fourth-order valence-electron chi connectivity index (χ4n) is 0.884. The summed E-state index contributed by atoms with van der Waals surface area (Å²) < 4.78 is 0. The lowest BCUT2D eigenvalue weighted by Gasteiger charge is -2.35. The Morgan fingerprint density at radius 1 is 1.40 bits per heavy atom. The van der Waals surface area contributed by atoms with Gasteiger partial charge in [-0.05, 0) is 26.9 Å². The zero-order valence-corrected chi connectivity index (χ0v) is 7.52. The minimum absolute atomic E-state index is 0.0191. The molecule has 0 saturated heterocycles. The fourth-order valence-corrected chi connectivity index (χ4v) is 0.884. The number of hydrogen-bond donors (Lipinski definition) is 1. The Hall–Kier alpha value is -0.0800. The van der Waals surface area contributed by atoms with E-state index < -0.39 is 0 Å². The molecule has 62 valence electrons. The minimum Gasteiger partial charge on any atom is -0.394 e. The number of hydrogen-bond acceptors (Lipinski definition) is 2. The highest BCUT2D eigenvalue weighted by molar-refractivity contribution is 4.80. The number of nitrogens with zero attached hydrogens (tertiary/aromatic N) is 1. The molecule has 0 heterocycles. The van der Waals surface area contributed by atoms with E-state index in [4.69, 9.17) is 5.11 Å². The molecule has 0 radical (unpaired) electrons. The maximum absolute atomic E-state index is 9.05. The van der Waals surface area contributed by atoms with Crippen molar-refractivity contribution in [1.82, 2.24) is 4.90 Å². The highest BCUT2D eigenvalue weighted by Gasteiger charge is 2.24. The molecule has 0 aliphatic heterocycles. The van der Waals surface area contributed by atoms with Crippen LogP contribution in [0.5, 0.6) is 0 Å². The second-order valence-corrected chi connectivity index (χ2v) is 3.02. The average molecular weight is 145 g/mol. The van der Waals surface area contributed by atoms with Gasteiger partial charge in [-0.2, -0.15) is 0 Å². The summed E-state index contributed by atoms with van der Waals surface area (Å²) in [5.74, 6) is 0. The summed E-state index contributed by atoms with van der Waals surface area (Å²) in [4.78, 5) is 2.17. The van der Waals surface area contributed by atoms with Crippen molar-refractivity contribution in [3.63, 3.8) is 0 Å². The monoisotopic (exact) mass is 145 g/mol. The molecule has 1 unspecified atom stereocenters. The van der Waals surface area contributed by atoms with Crippen molar-refractivity contribution in [3.8, 4) is 0 Å². The van der Waals surface area contributed by atoms with Crippen molar-refractivity contribution in [2.45, 2.75) is 32.7 Å². The molecule has 0 aliphatic carbocycles. The average Bonchev–Trinajstić information content (AvgIpc) is 2.01. The molecule has 0 aliphatic rings. The zero-order chi connectivity index (χ0) is 8.20. The molecule has 0 rings (SSSR count). The van der Waals surface area contributed by atoms with Gasteiger partial charge in [-0.25, -0.2) is 0 Å². The molecule has 0 fully saturated rings. The molecule has 0 aromatic rings. The first kappa shape index (κ1) is 9.92. The third-order valence-electron chi connectivity index (χ3n) is 2.50. The van der Waals surface area contributed by atoms with Gasteiger partial charge in [-0.3, -0.25) is 4.90 Å². The van der Waals surface area contributed by atoms with Gasteiger partial charge >= 0.3 is 0 Å². The van der Waals surface area contributed by atoms with Crippen LogP contribution in [0.15, 0.2) is 0 Å². The summed E-state index contributed by atoms with van der Waals surface area (Å²) in [6.45, 7) is 7.52. The van der Waals surface area contributed by atoms with Crippen LogP contribution < -0.4 is 0 Å². The third-order valence-corrected chi connectivity index (χ3v) is 2.50. The van der Waals surface area contributed by atoms with Gasteiger partial charge in [-0.15, -0.1) is 0 Å². The van der Waals surface area contributed by atoms with E-state index in [1.165, 1.54) is 0 Å². The Bertz CT molecular complexity index is 89.3. The summed E-state index contributed by atoms with van der Waals surface area (Å²) >= 11 is 0. The summed E-state index contributed by atoms with van der Waals surface area (Å²) in [7, 11) is 2.04. The molecule has 0 aromatic heterocycles. The van der Waals surface area contributed by atoms with E-state index in [1.54, 1.807) is 0 Å². The maximum Gasteiger partial charge on any atom is 0.0612 e. The maximum atomic E-state index is 9.05. The molecule has 0 spiro atoms. The minimum atomic E-state index is -0.0191. The number of rotatable bonds is 4. The molecule has 2 nitrogen and oxygen atoms in total. The van der Waals surface area contributed by atoms with Crippen molar-refractivity contribution < 1.29 is 5.11 Å². The van der Waals surface area contributed by atoms with Gasteiger partial charge < -0.3 is 5.11 Å². The summed E-state index contributed by atoms with van der Waals surface area (Å²) in [6, 6.07) is 0. The predicted molar refractivity (Wildman–Crippen MR) is 44.1 cm³/mol. The van der Waals surface area contributed by atoms with Crippen molar-refractivity contribution in [2.75, 3.05) is 20.2 Å². The van der Waals surface area contributed by atoms with Crippen LogP contribution in [0.3, 0.4) is 0 Å². The van der Waals surface area contributed by atoms with Crippen LogP contribution in [0, 0.1) is 0 Å². The highest BCUT2D eigenvalue weighted by Crippen LogP contribution is 2.15. The smallest absolute Gasteiger partial charge is 0.0612 e. The second-order valence-electron chi connectivity index (χ2n) is 3.02. The second kappa shape index (κ2) is 3.94. The third kappa shape index (κ3) is 1.96. The van der Waals surface area contributed by atoms with E-state index in [2.05, 4.69) is 25.7 Å². The Kier molecular flexibility index (Phi) is 3.91. The van der Waals surface area contributed by atoms with Crippen molar-refractivity contribution >= 4 is 0 Å². The quantitative estimate of drug-likeness (QED) is 0.640. The molecular formula is C8H19NO. The van der Waals surface area contributed by atoms with Crippen LogP contribution >= 0.6 is 0 Å². The molecule has 0 saturated carbocycles. The van der Waals surface area contributed by atoms with Crippen LogP contribution in [0.25, 0.3) is 0 Å². The van der Waals surface area contributed by atoms with Crippen molar-refractivity contribution in [3.05, 3.63) is 0 Å². The van der Waals surface area contributed by atoms with Gasteiger partial charge in [-0.1, -0.05) is 13.8 Å². The van der Waals surface area contributed by atoms with Gasteiger partial charge in [0.15, 0.2) is 0 Å². The van der Waals surface area contributed by atoms with Crippen LogP contribution in [-0.4, -0.2) is 35.7 Å². The predicted octanol–water partition coefficient (Wildman–Crippen LogP) is 1.10. The Morgan fingerprint density at radius 2 is 1.90 bits per heavy atom. The van der Waals surface area contributed by atoms with E-state index in [1.807, 2.05) is 7.05 Å². The molecule has 2 heteroatoms. The Balaban J connectivity index is 4.02. The molecule has 0 bridgehead atoms. The summed E-state index contributed by atoms with van der Waals surface area (Å²) in [5.41, 5.74) is -0.0191. The topological polar surface area (TPSA) is 23.5 Å². The van der Waals surface area contributed by atoms with E-state index in [-0.39, 0.29) is 12.1 Å². The van der Waals surface area contributed by atoms with Gasteiger partial charge in [0.05, 0.1) is 6.61 Å². The SMILES string of the molecule is CCN(C)C(C)(CC)CO. The first-order valence-corrected chi connectivity index (χ1v) is 3.92. The van der Waals surface area contributed by atoms with Crippen LogP contribution in [0.4, 0.5) is 0 Å². The zero-order valence-electron chi connectivity index (χ0n) is 7.52. The normalized spacial score (nSPS) is 17.4.